The van der Waals surface area contributed by atoms with Crippen LogP contribution in [-0.2, 0) is 10.4 Å². The molecule has 0 bridgehead atoms. The third-order valence-electron chi connectivity index (χ3n) is 5.92. The van der Waals surface area contributed by atoms with Crippen LogP contribution in [-0.4, -0.2) is 40.4 Å². The number of halogens is 2. The highest BCUT2D eigenvalue weighted by atomic mass is 35.5. The van der Waals surface area contributed by atoms with Gasteiger partial charge < -0.3 is 15.3 Å². The Kier molecular flexibility index (Phi) is 7.30. The summed E-state index contributed by atoms with van der Waals surface area (Å²) >= 11 is 11.9. The van der Waals surface area contributed by atoms with E-state index in [-0.39, 0.29) is 23.8 Å². The molecule has 2 aromatic carbocycles. The van der Waals surface area contributed by atoms with E-state index in [0.717, 1.165) is 5.56 Å². The molecule has 5 nitrogen and oxygen atoms in total. The van der Waals surface area contributed by atoms with Gasteiger partial charge in [0, 0.05) is 34.6 Å². The van der Waals surface area contributed by atoms with Crippen molar-refractivity contribution in [1.82, 2.24) is 10.2 Å². The maximum Gasteiger partial charge on any atom is 0.251 e. The normalized spacial score (nSPS) is 22.3. The number of carbonyl (C=O) groups excluding carboxylic acids is 2. The first-order valence-corrected chi connectivity index (χ1v) is 11.2. The summed E-state index contributed by atoms with van der Waals surface area (Å²) in [6.07, 6.45) is 0.830. The molecule has 1 saturated heterocycles. The lowest BCUT2D eigenvalue weighted by Gasteiger charge is -2.44. The zero-order valence-electron chi connectivity index (χ0n) is 17.9. The number of aliphatic hydroxyl groups is 1. The van der Waals surface area contributed by atoms with Gasteiger partial charge in [-0.05, 0) is 61.2 Å². The topological polar surface area (TPSA) is 69.6 Å². The van der Waals surface area contributed by atoms with Crippen molar-refractivity contribution in [3.63, 3.8) is 0 Å². The summed E-state index contributed by atoms with van der Waals surface area (Å²) in [5.74, 6) is -0.540. The number of likely N-dealkylation sites (tertiary alicyclic amines) is 1. The minimum Gasteiger partial charge on any atom is -0.385 e. The molecule has 31 heavy (non-hydrogen) atoms. The SMILES string of the molecule is CC(C)[C@@H](NC(=O)c1ccc(Cl)cc1)C(=O)N1CCC(O)(c2ccc(Cl)cc2)CC1C. The van der Waals surface area contributed by atoms with E-state index in [1.807, 2.05) is 32.9 Å². The average Bonchev–Trinajstić information content (AvgIpc) is 2.72. The summed E-state index contributed by atoms with van der Waals surface area (Å²) in [7, 11) is 0. The average molecular weight is 463 g/mol. The van der Waals surface area contributed by atoms with Gasteiger partial charge in [-0.1, -0.05) is 49.2 Å². The number of amides is 2. The second-order valence-electron chi connectivity index (χ2n) is 8.58. The zero-order chi connectivity index (χ0) is 22.8. The van der Waals surface area contributed by atoms with Crippen molar-refractivity contribution >= 4 is 35.0 Å². The molecule has 1 heterocycles. The molecule has 3 rings (SSSR count). The van der Waals surface area contributed by atoms with Crippen LogP contribution in [0, 0.1) is 5.92 Å². The van der Waals surface area contributed by atoms with Gasteiger partial charge in [0.05, 0.1) is 5.60 Å². The third kappa shape index (κ3) is 5.40. The van der Waals surface area contributed by atoms with Gasteiger partial charge in [0.15, 0.2) is 0 Å². The Labute approximate surface area is 193 Å². The van der Waals surface area contributed by atoms with Gasteiger partial charge in [0.1, 0.15) is 6.04 Å². The lowest BCUT2D eigenvalue weighted by molar-refractivity contribution is -0.143. The van der Waals surface area contributed by atoms with Crippen molar-refractivity contribution in [2.24, 2.45) is 5.92 Å². The summed E-state index contributed by atoms with van der Waals surface area (Å²) < 4.78 is 0. The predicted octanol–water partition coefficient (Wildman–Crippen LogP) is 4.65. The molecule has 0 aromatic heterocycles. The summed E-state index contributed by atoms with van der Waals surface area (Å²) in [5, 5.41) is 15.2. The molecule has 0 aliphatic carbocycles. The van der Waals surface area contributed by atoms with Gasteiger partial charge in [0.25, 0.3) is 5.91 Å². The molecule has 3 atom stereocenters. The van der Waals surface area contributed by atoms with Gasteiger partial charge in [-0.25, -0.2) is 0 Å². The van der Waals surface area contributed by atoms with E-state index in [2.05, 4.69) is 5.32 Å². The smallest absolute Gasteiger partial charge is 0.251 e. The molecular weight excluding hydrogens is 435 g/mol. The lowest BCUT2D eigenvalue weighted by atomic mass is 9.81. The summed E-state index contributed by atoms with van der Waals surface area (Å²) in [6.45, 7) is 6.14. The van der Waals surface area contributed by atoms with Crippen LogP contribution in [0.1, 0.15) is 49.5 Å². The summed E-state index contributed by atoms with van der Waals surface area (Å²) in [4.78, 5) is 27.8. The second kappa shape index (κ2) is 9.60. The largest absolute Gasteiger partial charge is 0.385 e. The first kappa shape index (κ1) is 23.6. The van der Waals surface area contributed by atoms with Crippen LogP contribution in [0.2, 0.25) is 10.0 Å². The molecule has 0 radical (unpaired) electrons. The standard InChI is InChI=1S/C24H28Cl2N2O3/c1-15(2)21(27-22(29)17-4-8-19(25)9-5-17)23(30)28-13-12-24(31,14-16(28)3)18-6-10-20(26)11-7-18/h4-11,15-16,21,31H,12-14H2,1-3H3,(H,27,29)/t16?,21-,24?/m1/s1. The Hall–Kier alpha value is -2.08. The number of hydrogen-bond donors (Lipinski definition) is 2. The van der Waals surface area contributed by atoms with Crippen LogP contribution in [0.15, 0.2) is 48.5 Å². The Morgan fingerprint density at radius 3 is 2.13 bits per heavy atom. The third-order valence-corrected chi connectivity index (χ3v) is 6.43. The van der Waals surface area contributed by atoms with E-state index < -0.39 is 11.6 Å². The number of benzene rings is 2. The quantitative estimate of drug-likeness (QED) is 0.679. The van der Waals surface area contributed by atoms with Crippen LogP contribution in [0.3, 0.4) is 0 Å². The van der Waals surface area contributed by atoms with Crippen molar-refractivity contribution < 1.29 is 14.7 Å². The molecule has 0 saturated carbocycles. The van der Waals surface area contributed by atoms with Gasteiger partial charge in [-0.15, -0.1) is 0 Å². The van der Waals surface area contributed by atoms with E-state index in [0.29, 0.717) is 35.0 Å². The molecule has 1 aliphatic rings. The molecular formula is C24H28Cl2N2O3. The van der Waals surface area contributed by atoms with Crippen LogP contribution in [0.4, 0.5) is 0 Å². The van der Waals surface area contributed by atoms with E-state index in [4.69, 9.17) is 23.2 Å². The molecule has 7 heteroatoms. The van der Waals surface area contributed by atoms with Crippen molar-refractivity contribution in [3.05, 3.63) is 69.7 Å². The lowest BCUT2D eigenvalue weighted by Crippen LogP contribution is -2.57. The summed E-state index contributed by atoms with van der Waals surface area (Å²) in [6, 6.07) is 12.9. The Morgan fingerprint density at radius 1 is 1.06 bits per heavy atom. The number of rotatable bonds is 5. The number of hydrogen-bond acceptors (Lipinski definition) is 3. The minimum absolute atomic E-state index is 0.0898. The van der Waals surface area contributed by atoms with E-state index >= 15 is 0 Å². The van der Waals surface area contributed by atoms with Gasteiger partial charge in [-0.3, -0.25) is 9.59 Å². The minimum atomic E-state index is -1.01. The number of piperidine rings is 1. The fraction of sp³-hybridized carbons (Fsp3) is 0.417. The highest BCUT2D eigenvalue weighted by molar-refractivity contribution is 6.30. The van der Waals surface area contributed by atoms with Gasteiger partial charge >= 0.3 is 0 Å². The van der Waals surface area contributed by atoms with Crippen LogP contribution in [0.5, 0.6) is 0 Å². The zero-order valence-corrected chi connectivity index (χ0v) is 19.5. The molecule has 2 aromatic rings. The van der Waals surface area contributed by atoms with E-state index in [9.17, 15) is 14.7 Å². The Morgan fingerprint density at radius 2 is 1.61 bits per heavy atom. The van der Waals surface area contributed by atoms with Crippen molar-refractivity contribution in [2.75, 3.05) is 6.54 Å². The fourth-order valence-electron chi connectivity index (χ4n) is 4.09. The summed E-state index contributed by atoms with van der Waals surface area (Å²) in [5.41, 5.74) is 0.236. The molecule has 2 unspecified atom stereocenters. The molecule has 0 spiro atoms. The van der Waals surface area contributed by atoms with E-state index in [1.54, 1.807) is 41.3 Å². The van der Waals surface area contributed by atoms with Gasteiger partial charge in [-0.2, -0.15) is 0 Å². The van der Waals surface area contributed by atoms with Crippen molar-refractivity contribution in [1.29, 1.82) is 0 Å². The predicted molar refractivity (Wildman–Crippen MR) is 123 cm³/mol. The molecule has 2 amide bonds. The highest BCUT2D eigenvalue weighted by Gasteiger charge is 2.41. The van der Waals surface area contributed by atoms with Crippen molar-refractivity contribution in [2.45, 2.75) is 51.3 Å². The molecule has 1 aliphatic heterocycles. The number of nitrogens with one attached hydrogen (secondary N) is 1. The van der Waals surface area contributed by atoms with Crippen molar-refractivity contribution in [3.8, 4) is 0 Å². The first-order chi connectivity index (χ1) is 14.6. The molecule has 2 N–H and O–H groups in total. The maximum atomic E-state index is 13.4. The number of nitrogens with zero attached hydrogens (tertiary/aromatic N) is 1. The molecule has 1 fully saturated rings. The Balaban J connectivity index is 1.71. The highest BCUT2D eigenvalue weighted by Crippen LogP contribution is 2.36. The Bertz CT molecular complexity index is 931. The first-order valence-electron chi connectivity index (χ1n) is 10.5. The second-order valence-corrected chi connectivity index (χ2v) is 9.45. The van der Waals surface area contributed by atoms with Crippen LogP contribution >= 0.6 is 23.2 Å². The molecule has 166 valence electrons. The van der Waals surface area contributed by atoms with Crippen LogP contribution < -0.4 is 5.32 Å². The maximum absolute atomic E-state index is 13.4. The monoisotopic (exact) mass is 462 g/mol. The van der Waals surface area contributed by atoms with Crippen LogP contribution in [0.25, 0.3) is 0 Å². The number of carbonyl (C=O) groups is 2. The fourth-order valence-corrected chi connectivity index (χ4v) is 4.35. The van der Waals surface area contributed by atoms with Gasteiger partial charge in [0.2, 0.25) is 5.91 Å². The van der Waals surface area contributed by atoms with E-state index in [1.165, 1.54) is 0 Å².